The molecule has 1 aliphatic rings. The molecule has 25 heavy (non-hydrogen) atoms. The average molecular weight is 348 g/mol. The van der Waals surface area contributed by atoms with Crippen molar-refractivity contribution < 1.29 is 24.0 Å². The van der Waals surface area contributed by atoms with Gasteiger partial charge in [0.05, 0.1) is 36.3 Å². The van der Waals surface area contributed by atoms with Crippen molar-refractivity contribution in [1.82, 2.24) is 10.4 Å². The van der Waals surface area contributed by atoms with Gasteiger partial charge >= 0.3 is 12.1 Å². The number of benzene rings is 1. The molecule has 0 saturated heterocycles. The molecule has 1 atom stereocenters. The summed E-state index contributed by atoms with van der Waals surface area (Å²) in [5, 5.41) is 20.2. The minimum Gasteiger partial charge on any atom is -0.466 e. The number of nitro benzene ring substituents is 1. The molecule has 1 heterocycles. The quantitative estimate of drug-likeness (QED) is 0.480. The fourth-order valence-electron chi connectivity index (χ4n) is 2.55. The Morgan fingerprint density at radius 1 is 1.24 bits per heavy atom. The van der Waals surface area contributed by atoms with Gasteiger partial charge in [0.25, 0.3) is 5.69 Å². The van der Waals surface area contributed by atoms with Gasteiger partial charge in [-0.3, -0.25) is 15.5 Å². The number of hydrazine groups is 1. The third-order valence-corrected chi connectivity index (χ3v) is 3.76. The average Bonchev–Trinajstić information content (AvgIpc) is 2.85. The van der Waals surface area contributed by atoms with Crippen molar-refractivity contribution in [2.75, 3.05) is 14.2 Å². The van der Waals surface area contributed by atoms with E-state index in [0.717, 1.165) is 5.01 Å². The smallest absolute Gasteiger partial charge is 0.426 e. The van der Waals surface area contributed by atoms with Gasteiger partial charge in [0.2, 0.25) is 0 Å². The fourth-order valence-corrected chi connectivity index (χ4v) is 2.55. The van der Waals surface area contributed by atoms with Gasteiger partial charge in [-0.15, -0.1) is 0 Å². The highest BCUT2D eigenvalue weighted by molar-refractivity contribution is 6.06. The number of nitrogens with zero attached hydrogens (tertiary/aromatic N) is 2. The molecule has 0 aromatic heterocycles. The summed E-state index contributed by atoms with van der Waals surface area (Å²) in [5.74, 6) is -1.62. The van der Waals surface area contributed by atoms with Crippen LogP contribution < -0.4 is 5.43 Å². The summed E-state index contributed by atoms with van der Waals surface area (Å²) >= 11 is 0. The van der Waals surface area contributed by atoms with E-state index >= 15 is 0 Å². The first-order valence-corrected chi connectivity index (χ1v) is 7.08. The minimum atomic E-state index is -0.842. The summed E-state index contributed by atoms with van der Waals surface area (Å²) in [4.78, 5) is 33.9. The fraction of sp³-hybridized carbons (Fsp3) is 0.267. The number of allylic oxidation sites excluding steroid dienone is 1. The van der Waals surface area contributed by atoms with Gasteiger partial charge in [0.15, 0.2) is 0 Å². The molecule has 1 aliphatic heterocycles. The number of esters is 1. The number of amides is 1. The minimum absolute atomic E-state index is 0.113. The molecule has 0 spiro atoms. The predicted molar refractivity (Wildman–Crippen MR) is 85.7 cm³/mol. The summed E-state index contributed by atoms with van der Waals surface area (Å²) in [6.45, 7) is 1.54. The Morgan fingerprint density at radius 2 is 1.84 bits per heavy atom. The second-order valence-electron chi connectivity index (χ2n) is 5.10. The molecular weight excluding hydrogens is 332 g/mol. The lowest BCUT2D eigenvalue weighted by atomic mass is 9.91. The zero-order chi connectivity index (χ0) is 18.7. The first-order chi connectivity index (χ1) is 11.8. The SMILES string of the molecule is COC(=O)NN1C(=N)C(c2ccc([N+](=O)[O-])cc2)C(C(=O)OC)=C1C. The summed E-state index contributed by atoms with van der Waals surface area (Å²) < 4.78 is 9.29. The van der Waals surface area contributed by atoms with Crippen molar-refractivity contribution in [3.8, 4) is 0 Å². The molecule has 0 saturated carbocycles. The number of carbonyl (C=O) groups excluding carboxylic acids is 2. The van der Waals surface area contributed by atoms with Crippen LogP contribution in [0.15, 0.2) is 35.5 Å². The van der Waals surface area contributed by atoms with E-state index in [9.17, 15) is 19.7 Å². The monoisotopic (exact) mass is 348 g/mol. The lowest BCUT2D eigenvalue weighted by molar-refractivity contribution is -0.384. The van der Waals surface area contributed by atoms with E-state index in [0.29, 0.717) is 11.3 Å². The lowest BCUT2D eigenvalue weighted by Crippen LogP contribution is -2.43. The number of non-ortho nitro benzene ring substituents is 1. The first-order valence-electron chi connectivity index (χ1n) is 7.08. The summed E-state index contributed by atoms with van der Waals surface area (Å²) in [5.41, 5.74) is 3.15. The highest BCUT2D eigenvalue weighted by Crippen LogP contribution is 2.37. The van der Waals surface area contributed by atoms with Crippen LogP contribution >= 0.6 is 0 Å². The van der Waals surface area contributed by atoms with Gasteiger partial charge in [0, 0.05) is 12.1 Å². The number of hydrogen-bond acceptors (Lipinski definition) is 7. The van der Waals surface area contributed by atoms with Crippen LogP contribution in [0.3, 0.4) is 0 Å². The molecule has 0 aliphatic carbocycles. The maximum atomic E-state index is 12.2. The number of amidine groups is 1. The lowest BCUT2D eigenvalue weighted by Gasteiger charge is -2.21. The van der Waals surface area contributed by atoms with Crippen LogP contribution in [-0.2, 0) is 14.3 Å². The van der Waals surface area contributed by atoms with Crippen LogP contribution in [0, 0.1) is 15.5 Å². The number of nitrogens with one attached hydrogen (secondary N) is 2. The van der Waals surface area contributed by atoms with Crippen molar-refractivity contribution in [1.29, 1.82) is 5.41 Å². The maximum Gasteiger partial charge on any atom is 0.426 e. The molecule has 0 fully saturated rings. The Labute approximate surface area is 142 Å². The van der Waals surface area contributed by atoms with Crippen molar-refractivity contribution >= 4 is 23.6 Å². The number of ether oxygens (including phenoxy) is 2. The highest BCUT2D eigenvalue weighted by atomic mass is 16.6. The zero-order valence-electron chi connectivity index (χ0n) is 13.7. The van der Waals surface area contributed by atoms with E-state index < -0.39 is 22.9 Å². The number of hydrogen-bond donors (Lipinski definition) is 2. The van der Waals surface area contributed by atoms with Crippen molar-refractivity contribution in [3.63, 3.8) is 0 Å². The molecule has 1 unspecified atom stereocenters. The Bertz CT molecular complexity index is 771. The normalized spacial score (nSPS) is 16.7. The molecule has 0 bridgehead atoms. The van der Waals surface area contributed by atoms with Gasteiger partial charge in [-0.25, -0.2) is 20.0 Å². The van der Waals surface area contributed by atoms with Crippen molar-refractivity contribution in [2.24, 2.45) is 0 Å². The van der Waals surface area contributed by atoms with Crippen molar-refractivity contribution in [3.05, 3.63) is 51.2 Å². The van der Waals surface area contributed by atoms with E-state index in [1.165, 1.54) is 38.5 Å². The number of methoxy groups -OCH3 is 2. The molecule has 10 heteroatoms. The van der Waals surface area contributed by atoms with Crippen LogP contribution in [0.2, 0.25) is 0 Å². The molecule has 0 radical (unpaired) electrons. The van der Waals surface area contributed by atoms with Crippen LogP contribution in [0.4, 0.5) is 10.5 Å². The Balaban J connectivity index is 2.47. The van der Waals surface area contributed by atoms with E-state index in [4.69, 9.17) is 10.1 Å². The third kappa shape index (κ3) is 3.27. The second-order valence-corrected chi connectivity index (χ2v) is 5.10. The molecule has 2 N–H and O–H groups in total. The van der Waals surface area contributed by atoms with Crippen LogP contribution in [0.25, 0.3) is 0 Å². The van der Waals surface area contributed by atoms with E-state index in [-0.39, 0.29) is 17.1 Å². The molecule has 132 valence electrons. The molecule has 1 aromatic rings. The van der Waals surface area contributed by atoms with Crippen LogP contribution in [0.5, 0.6) is 0 Å². The van der Waals surface area contributed by atoms with E-state index in [1.54, 1.807) is 6.92 Å². The van der Waals surface area contributed by atoms with E-state index in [1.807, 2.05) is 0 Å². The molecule has 1 amide bonds. The van der Waals surface area contributed by atoms with Crippen molar-refractivity contribution in [2.45, 2.75) is 12.8 Å². The van der Waals surface area contributed by atoms with Gasteiger partial charge in [-0.05, 0) is 12.5 Å². The Morgan fingerprint density at radius 3 is 2.32 bits per heavy atom. The summed E-state index contributed by atoms with van der Waals surface area (Å²) in [6, 6.07) is 5.47. The van der Waals surface area contributed by atoms with Gasteiger partial charge in [-0.2, -0.15) is 0 Å². The number of rotatable bonds is 4. The highest BCUT2D eigenvalue weighted by Gasteiger charge is 2.41. The Hall–Kier alpha value is -3.43. The predicted octanol–water partition coefficient (Wildman–Crippen LogP) is 1.69. The second kappa shape index (κ2) is 6.99. The molecule has 10 nitrogen and oxygen atoms in total. The number of carbonyl (C=O) groups is 2. The number of nitro groups is 1. The van der Waals surface area contributed by atoms with Gasteiger partial charge < -0.3 is 9.47 Å². The topological polar surface area (TPSA) is 135 Å². The van der Waals surface area contributed by atoms with Gasteiger partial charge in [0.1, 0.15) is 5.84 Å². The largest absolute Gasteiger partial charge is 0.466 e. The third-order valence-electron chi connectivity index (χ3n) is 3.76. The molecular formula is C15H16N4O6. The van der Waals surface area contributed by atoms with E-state index in [2.05, 4.69) is 10.2 Å². The summed E-state index contributed by atoms with van der Waals surface area (Å²) in [6.07, 6.45) is -0.808. The van der Waals surface area contributed by atoms with Gasteiger partial charge in [-0.1, -0.05) is 12.1 Å². The molecule has 2 rings (SSSR count). The standard InChI is InChI=1S/C15H16N4O6/c1-8-11(14(20)24-2)12(13(16)18(8)17-15(21)25-3)9-4-6-10(7-5-9)19(22)23/h4-7,12,16H,1-3H3,(H,17,21). The molecule has 1 aromatic carbocycles. The van der Waals surface area contributed by atoms with Crippen LogP contribution in [-0.4, -0.2) is 42.0 Å². The van der Waals surface area contributed by atoms with Crippen LogP contribution in [0.1, 0.15) is 18.4 Å². The Kier molecular flexibility index (Phi) is 5.01. The maximum absolute atomic E-state index is 12.2. The first kappa shape index (κ1) is 17.9. The zero-order valence-corrected chi connectivity index (χ0v) is 13.7. The summed E-state index contributed by atoms with van der Waals surface area (Å²) in [7, 11) is 2.37.